The molecule has 1 atom stereocenters. The molecule has 6 rings (SSSR count). The third-order valence-electron chi connectivity index (χ3n) is 4.94. The first-order chi connectivity index (χ1) is 15.2. The largest absolute Gasteiger partial charge is 0.486 e. The maximum absolute atomic E-state index is 6.17. The van der Waals surface area contributed by atoms with Crippen LogP contribution in [-0.4, -0.2) is 37.4 Å². The van der Waals surface area contributed by atoms with E-state index in [1.54, 1.807) is 22.7 Å². The average molecular weight is 448 g/mol. The Morgan fingerprint density at radius 3 is 2.87 bits per heavy atom. The molecule has 0 bridgehead atoms. The van der Waals surface area contributed by atoms with Gasteiger partial charge in [0, 0.05) is 22.7 Å². The van der Waals surface area contributed by atoms with E-state index in [0.717, 1.165) is 43.1 Å². The smallest absolute Gasteiger partial charge is 0.210 e. The molecular weight excluding hydrogens is 430 g/mol. The minimum atomic E-state index is -0.172. The molecule has 31 heavy (non-hydrogen) atoms. The van der Waals surface area contributed by atoms with Crippen LogP contribution in [0.1, 0.15) is 5.69 Å². The fourth-order valence-corrected chi connectivity index (χ4v) is 5.25. The maximum atomic E-state index is 6.17. The first-order valence-corrected chi connectivity index (χ1v) is 11.5. The Balaban J connectivity index is 1.39. The SMILES string of the molecule is Cc1csc(-c2nc(-c3cc4cccnc4s3)n(CC3COc4ccccc4O3)n2)n1. The lowest BCUT2D eigenvalue weighted by Gasteiger charge is -2.26. The van der Waals surface area contributed by atoms with Gasteiger partial charge in [-0.2, -0.15) is 0 Å². The van der Waals surface area contributed by atoms with Gasteiger partial charge < -0.3 is 9.47 Å². The quantitative estimate of drug-likeness (QED) is 0.393. The highest BCUT2D eigenvalue weighted by molar-refractivity contribution is 7.21. The van der Waals surface area contributed by atoms with Crippen molar-refractivity contribution in [3.8, 4) is 33.0 Å². The van der Waals surface area contributed by atoms with E-state index in [2.05, 4.69) is 22.1 Å². The molecule has 0 spiro atoms. The highest BCUT2D eigenvalue weighted by atomic mass is 32.1. The number of aromatic nitrogens is 5. The van der Waals surface area contributed by atoms with Crippen LogP contribution in [-0.2, 0) is 6.54 Å². The summed E-state index contributed by atoms with van der Waals surface area (Å²) in [6, 6.07) is 13.8. The Labute approximate surface area is 186 Å². The molecule has 1 unspecified atom stereocenters. The molecule has 0 saturated heterocycles. The molecule has 1 aliphatic rings. The Morgan fingerprint density at radius 1 is 1.13 bits per heavy atom. The second-order valence-corrected chi connectivity index (χ2v) is 9.13. The number of para-hydroxylation sites is 2. The van der Waals surface area contributed by atoms with Crippen LogP contribution in [0.15, 0.2) is 54.0 Å². The van der Waals surface area contributed by atoms with Crippen LogP contribution in [0.4, 0.5) is 0 Å². The summed E-state index contributed by atoms with van der Waals surface area (Å²) in [5, 5.41) is 8.70. The number of pyridine rings is 1. The highest BCUT2D eigenvalue weighted by Crippen LogP contribution is 2.35. The topological polar surface area (TPSA) is 75.0 Å². The summed E-state index contributed by atoms with van der Waals surface area (Å²) in [7, 11) is 0. The standard InChI is InChI=1S/C22H17N5O2S2/c1-13-12-30-22(24-13)19-25-20(18-9-14-5-4-8-23-21(14)31-18)27(26-19)10-15-11-28-16-6-2-3-7-17(16)29-15/h2-9,12,15H,10-11H2,1H3. The second kappa shape index (κ2) is 7.44. The number of hydrogen-bond acceptors (Lipinski definition) is 8. The Kier molecular flexibility index (Phi) is 4.43. The number of ether oxygens (including phenoxy) is 2. The molecule has 0 aliphatic carbocycles. The Hall–Kier alpha value is -3.30. The van der Waals surface area contributed by atoms with Gasteiger partial charge in [0.15, 0.2) is 28.4 Å². The van der Waals surface area contributed by atoms with Gasteiger partial charge in [-0.25, -0.2) is 19.6 Å². The number of hydrogen-bond donors (Lipinski definition) is 0. The molecule has 7 nitrogen and oxygen atoms in total. The van der Waals surface area contributed by atoms with E-state index in [-0.39, 0.29) is 6.10 Å². The maximum Gasteiger partial charge on any atom is 0.210 e. The van der Waals surface area contributed by atoms with E-state index in [1.165, 1.54) is 0 Å². The van der Waals surface area contributed by atoms with Crippen molar-refractivity contribution in [3.63, 3.8) is 0 Å². The minimum Gasteiger partial charge on any atom is -0.486 e. The molecule has 0 amide bonds. The van der Waals surface area contributed by atoms with E-state index >= 15 is 0 Å². The first-order valence-electron chi connectivity index (χ1n) is 9.84. The minimum absolute atomic E-state index is 0.172. The van der Waals surface area contributed by atoms with E-state index in [9.17, 15) is 0 Å². The van der Waals surface area contributed by atoms with Crippen LogP contribution < -0.4 is 9.47 Å². The van der Waals surface area contributed by atoms with Gasteiger partial charge in [0.05, 0.1) is 11.4 Å². The van der Waals surface area contributed by atoms with E-state index in [4.69, 9.17) is 19.6 Å². The number of fused-ring (bicyclic) bond motifs is 2. The van der Waals surface area contributed by atoms with Gasteiger partial charge >= 0.3 is 0 Å². The summed E-state index contributed by atoms with van der Waals surface area (Å²) >= 11 is 3.15. The van der Waals surface area contributed by atoms with Gasteiger partial charge in [0.2, 0.25) is 5.82 Å². The fraction of sp³-hybridized carbons (Fsp3) is 0.182. The number of rotatable bonds is 4. The van der Waals surface area contributed by atoms with E-state index in [1.807, 2.05) is 53.5 Å². The fourth-order valence-electron chi connectivity index (χ4n) is 3.53. The van der Waals surface area contributed by atoms with Gasteiger partial charge in [-0.3, -0.25) is 0 Å². The summed E-state index contributed by atoms with van der Waals surface area (Å²) in [5.41, 5.74) is 0.963. The molecule has 1 aromatic carbocycles. The third kappa shape index (κ3) is 3.45. The average Bonchev–Trinajstić information content (AvgIpc) is 3.51. The predicted octanol–water partition coefficient (Wildman–Crippen LogP) is 4.83. The summed E-state index contributed by atoms with van der Waals surface area (Å²) in [5.74, 6) is 2.93. The van der Waals surface area contributed by atoms with Crippen LogP contribution in [0, 0.1) is 6.92 Å². The van der Waals surface area contributed by atoms with Gasteiger partial charge in [-0.15, -0.1) is 27.8 Å². The Morgan fingerprint density at radius 2 is 2.03 bits per heavy atom. The van der Waals surface area contributed by atoms with Gasteiger partial charge in [-0.1, -0.05) is 18.2 Å². The van der Waals surface area contributed by atoms with Crippen LogP contribution in [0.3, 0.4) is 0 Å². The third-order valence-corrected chi connectivity index (χ3v) is 6.95. The van der Waals surface area contributed by atoms with Crippen molar-refractivity contribution in [3.05, 3.63) is 59.7 Å². The van der Waals surface area contributed by atoms with Crippen LogP contribution in [0.2, 0.25) is 0 Å². The summed E-state index contributed by atoms with van der Waals surface area (Å²) in [6.45, 7) is 2.94. The molecule has 0 fully saturated rings. The molecule has 5 aromatic rings. The van der Waals surface area contributed by atoms with Crippen molar-refractivity contribution in [1.29, 1.82) is 0 Å². The Bertz CT molecular complexity index is 1360. The van der Waals surface area contributed by atoms with Crippen molar-refractivity contribution in [2.45, 2.75) is 19.6 Å². The molecule has 0 radical (unpaired) electrons. The van der Waals surface area contributed by atoms with E-state index < -0.39 is 0 Å². The van der Waals surface area contributed by atoms with Gasteiger partial charge in [-0.05, 0) is 31.2 Å². The normalized spacial score (nSPS) is 15.5. The molecule has 1 aliphatic heterocycles. The molecule has 4 aromatic heterocycles. The lowest BCUT2D eigenvalue weighted by Crippen LogP contribution is -2.33. The summed E-state index contributed by atoms with van der Waals surface area (Å²) in [4.78, 5) is 15.9. The monoisotopic (exact) mass is 447 g/mol. The first kappa shape index (κ1) is 18.5. The van der Waals surface area contributed by atoms with Crippen molar-refractivity contribution < 1.29 is 9.47 Å². The summed E-state index contributed by atoms with van der Waals surface area (Å²) in [6.07, 6.45) is 1.63. The van der Waals surface area contributed by atoms with Gasteiger partial charge in [0.1, 0.15) is 11.4 Å². The molecule has 9 heteroatoms. The van der Waals surface area contributed by atoms with Crippen molar-refractivity contribution in [2.24, 2.45) is 0 Å². The molecule has 0 saturated carbocycles. The van der Waals surface area contributed by atoms with E-state index in [0.29, 0.717) is 19.0 Å². The highest BCUT2D eigenvalue weighted by Gasteiger charge is 2.25. The van der Waals surface area contributed by atoms with Crippen molar-refractivity contribution >= 4 is 32.9 Å². The lowest BCUT2D eigenvalue weighted by molar-refractivity contribution is 0.0763. The number of thiophene rings is 1. The molecular formula is C22H17N5O2S2. The number of nitrogens with zero attached hydrogens (tertiary/aromatic N) is 5. The molecule has 0 N–H and O–H groups in total. The molecule has 5 heterocycles. The van der Waals surface area contributed by atoms with Crippen molar-refractivity contribution in [2.75, 3.05) is 6.61 Å². The number of benzene rings is 1. The van der Waals surface area contributed by atoms with Crippen LogP contribution >= 0.6 is 22.7 Å². The second-order valence-electron chi connectivity index (χ2n) is 7.24. The zero-order valence-corrected chi connectivity index (χ0v) is 18.2. The zero-order valence-electron chi connectivity index (χ0n) is 16.6. The van der Waals surface area contributed by atoms with Crippen LogP contribution in [0.25, 0.3) is 31.8 Å². The number of aryl methyl sites for hydroxylation is 1. The predicted molar refractivity (Wildman–Crippen MR) is 121 cm³/mol. The molecule has 154 valence electrons. The zero-order chi connectivity index (χ0) is 20.8. The summed E-state index contributed by atoms with van der Waals surface area (Å²) < 4.78 is 14.0. The number of thiazole rings is 1. The van der Waals surface area contributed by atoms with Gasteiger partial charge in [0.25, 0.3) is 0 Å². The lowest BCUT2D eigenvalue weighted by atomic mass is 10.2. The van der Waals surface area contributed by atoms with Crippen LogP contribution in [0.5, 0.6) is 11.5 Å². The van der Waals surface area contributed by atoms with Crippen molar-refractivity contribution in [1.82, 2.24) is 24.7 Å².